The molecule has 2 saturated heterocycles. The third-order valence-electron chi connectivity index (χ3n) is 4.73. The van der Waals surface area contributed by atoms with E-state index in [1.165, 1.54) is 10.6 Å². The lowest BCUT2D eigenvalue weighted by atomic mass is 10.1. The van der Waals surface area contributed by atoms with E-state index in [2.05, 4.69) is 35.8 Å². The molecule has 0 spiro atoms. The summed E-state index contributed by atoms with van der Waals surface area (Å²) in [6.45, 7) is 8.54. The molecule has 3 rings (SSSR count). The first-order chi connectivity index (χ1) is 12.1. The maximum Gasteiger partial charge on any atom is 0.294 e. The number of hydrogen-bond acceptors (Lipinski definition) is 5. The molecule has 0 unspecified atom stereocenters. The summed E-state index contributed by atoms with van der Waals surface area (Å²) in [7, 11) is 0. The molecule has 2 amide bonds. The maximum absolute atomic E-state index is 12.6. The van der Waals surface area contributed by atoms with Gasteiger partial charge in [0.25, 0.3) is 11.1 Å². The van der Waals surface area contributed by atoms with E-state index in [9.17, 15) is 9.59 Å². The Labute approximate surface area is 153 Å². The van der Waals surface area contributed by atoms with Crippen LogP contribution >= 0.6 is 11.8 Å². The van der Waals surface area contributed by atoms with E-state index in [4.69, 9.17) is 0 Å². The number of amides is 2. The van der Waals surface area contributed by atoms with E-state index in [0.29, 0.717) is 11.6 Å². The lowest BCUT2D eigenvalue weighted by Gasteiger charge is -2.21. The highest BCUT2D eigenvalue weighted by Gasteiger charge is 2.36. The molecule has 0 N–H and O–H groups in total. The van der Waals surface area contributed by atoms with E-state index >= 15 is 0 Å². The first-order valence-corrected chi connectivity index (χ1v) is 9.76. The molecule has 2 aliphatic heterocycles. The van der Waals surface area contributed by atoms with Crippen LogP contribution in [-0.4, -0.2) is 53.8 Å². The molecule has 0 atom stereocenters. The minimum absolute atomic E-state index is 0.164. The fourth-order valence-corrected chi connectivity index (χ4v) is 4.10. The predicted molar refractivity (Wildman–Crippen MR) is 103 cm³/mol. The van der Waals surface area contributed by atoms with Crippen molar-refractivity contribution >= 4 is 34.7 Å². The average molecular weight is 359 g/mol. The van der Waals surface area contributed by atoms with Gasteiger partial charge in [-0.2, -0.15) is 0 Å². The Hall–Kier alpha value is -1.79. The number of likely N-dealkylation sites (tertiary alicyclic amines) is 1. The molecule has 2 aliphatic rings. The van der Waals surface area contributed by atoms with E-state index < -0.39 is 0 Å². The van der Waals surface area contributed by atoms with E-state index in [1.807, 2.05) is 18.2 Å². The predicted octanol–water partition coefficient (Wildman–Crippen LogP) is 3.62. The summed E-state index contributed by atoms with van der Waals surface area (Å²) in [6, 6.07) is 8.13. The molecule has 1 aromatic rings. The van der Waals surface area contributed by atoms with Gasteiger partial charge in [-0.3, -0.25) is 19.4 Å². The average Bonchev–Trinajstić information content (AvgIpc) is 3.22. The number of anilines is 1. The van der Waals surface area contributed by atoms with E-state index in [-0.39, 0.29) is 11.1 Å². The molecule has 0 aliphatic carbocycles. The van der Waals surface area contributed by atoms with Gasteiger partial charge in [0.05, 0.1) is 11.6 Å². The first kappa shape index (κ1) is 18.0. The number of nitrogens with zero attached hydrogens (tertiary/aromatic N) is 3. The highest BCUT2D eigenvalue weighted by Crippen LogP contribution is 2.33. The van der Waals surface area contributed by atoms with Gasteiger partial charge in [0.15, 0.2) is 0 Å². The van der Waals surface area contributed by atoms with Gasteiger partial charge in [-0.1, -0.05) is 12.1 Å². The molecule has 1 aromatic carbocycles. The summed E-state index contributed by atoms with van der Waals surface area (Å²) in [6.07, 6.45) is 4.11. The number of carbonyl (C=O) groups is 2. The van der Waals surface area contributed by atoms with Gasteiger partial charge in [-0.05, 0) is 75.3 Å². The number of benzene rings is 1. The van der Waals surface area contributed by atoms with Gasteiger partial charge < -0.3 is 4.90 Å². The molecule has 134 valence electrons. The molecular weight excluding hydrogens is 334 g/mol. The van der Waals surface area contributed by atoms with Crippen molar-refractivity contribution in [1.29, 1.82) is 0 Å². The monoisotopic (exact) mass is 359 g/mol. The smallest absolute Gasteiger partial charge is 0.294 e. The number of rotatable bonds is 6. The lowest BCUT2D eigenvalue weighted by Crippen LogP contribution is -2.38. The summed E-state index contributed by atoms with van der Waals surface area (Å²) in [5.74, 6) is -0.172. The Morgan fingerprint density at radius 1 is 1.08 bits per heavy atom. The Kier molecular flexibility index (Phi) is 5.81. The van der Waals surface area contributed by atoms with Crippen LogP contribution in [0.1, 0.15) is 32.3 Å². The van der Waals surface area contributed by atoms with Crippen LogP contribution in [0.3, 0.4) is 0 Å². The van der Waals surface area contributed by atoms with E-state index in [1.54, 1.807) is 0 Å². The highest BCUT2D eigenvalue weighted by molar-refractivity contribution is 8.18. The van der Waals surface area contributed by atoms with Crippen molar-refractivity contribution in [2.45, 2.75) is 26.7 Å². The minimum atomic E-state index is -0.172. The number of imide groups is 1. The van der Waals surface area contributed by atoms with E-state index in [0.717, 1.165) is 56.3 Å². The van der Waals surface area contributed by atoms with Gasteiger partial charge in [0.2, 0.25) is 0 Å². The maximum atomic E-state index is 12.6. The SMILES string of the molecule is CCN(CC)c1ccc(/C=C2/SC(=O)N(CN3CCCC3)C2=O)cc1. The zero-order valence-corrected chi connectivity index (χ0v) is 15.7. The van der Waals surface area contributed by atoms with Gasteiger partial charge in [0, 0.05) is 18.8 Å². The molecule has 0 aromatic heterocycles. The standard InChI is InChI=1S/C19H25N3O2S/c1-3-21(4-2)16-9-7-15(8-10-16)13-17-18(23)22(19(24)25-17)14-20-11-5-6-12-20/h7-10,13H,3-6,11-12,14H2,1-2H3/b17-13+. The molecule has 2 heterocycles. The Morgan fingerprint density at radius 2 is 1.72 bits per heavy atom. The molecular formula is C19H25N3O2S. The molecule has 25 heavy (non-hydrogen) atoms. The largest absolute Gasteiger partial charge is 0.372 e. The third kappa shape index (κ3) is 4.07. The van der Waals surface area contributed by atoms with Crippen LogP contribution in [0.15, 0.2) is 29.2 Å². The Morgan fingerprint density at radius 3 is 2.32 bits per heavy atom. The second-order valence-corrected chi connectivity index (χ2v) is 7.33. The van der Waals surface area contributed by atoms with Crippen molar-refractivity contribution in [3.8, 4) is 0 Å². The second kappa shape index (κ2) is 8.06. The summed E-state index contributed by atoms with van der Waals surface area (Å²) < 4.78 is 0. The molecule has 6 heteroatoms. The quantitative estimate of drug-likeness (QED) is 0.726. The van der Waals surface area contributed by atoms with Gasteiger partial charge in [0.1, 0.15) is 0 Å². The molecule has 2 fully saturated rings. The zero-order chi connectivity index (χ0) is 17.8. The first-order valence-electron chi connectivity index (χ1n) is 8.95. The van der Waals surface area contributed by atoms with Crippen LogP contribution in [0.2, 0.25) is 0 Å². The summed E-state index contributed by atoms with van der Waals surface area (Å²) in [5, 5.41) is -0.164. The van der Waals surface area contributed by atoms with Crippen LogP contribution in [-0.2, 0) is 4.79 Å². The molecule has 0 bridgehead atoms. The minimum Gasteiger partial charge on any atom is -0.372 e. The third-order valence-corrected chi connectivity index (χ3v) is 5.64. The molecule has 0 saturated carbocycles. The van der Waals surface area contributed by atoms with Gasteiger partial charge in [-0.15, -0.1) is 0 Å². The van der Waals surface area contributed by atoms with Crippen molar-refractivity contribution in [3.05, 3.63) is 34.7 Å². The van der Waals surface area contributed by atoms with Crippen molar-refractivity contribution in [1.82, 2.24) is 9.80 Å². The van der Waals surface area contributed by atoms with Gasteiger partial charge >= 0.3 is 0 Å². The highest BCUT2D eigenvalue weighted by atomic mass is 32.2. The Bertz CT molecular complexity index is 662. The topological polar surface area (TPSA) is 43.9 Å². The molecule has 0 radical (unpaired) electrons. The number of carbonyl (C=O) groups excluding carboxylic acids is 2. The van der Waals surface area contributed by atoms with Gasteiger partial charge in [-0.25, -0.2) is 0 Å². The fourth-order valence-electron chi connectivity index (χ4n) is 3.27. The van der Waals surface area contributed by atoms with Crippen molar-refractivity contribution in [2.75, 3.05) is 37.7 Å². The fraction of sp³-hybridized carbons (Fsp3) is 0.474. The van der Waals surface area contributed by atoms with Crippen LogP contribution < -0.4 is 4.90 Å². The summed E-state index contributed by atoms with van der Waals surface area (Å²) in [4.78, 5) is 31.1. The zero-order valence-electron chi connectivity index (χ0n) is 14.9. The van der Waals surface area contributed by atoms with Crippen LogP contribution in [0, 0.1) is 0 Å². The summed E-state index contributed by atoms with van der Waals surface area (Å²) >= 11 is 1.04. The van der Waals surface area contributed by atoms with Crippen LogP contribution in [0.25, 0.3) is 6.08 Å². The second-order valence-electron chi connectivity index (χ2n) is 6.34. The van der Waals surface area contributed by atoms with Crippen molar-refractivity contribution in [2.24, 2.45) is 0 Å². The normalized spacial score (nSPS) is 20.1. The molecule has 5 nitrogen and oxygen atoms in total. The number of hydrogen-bond donors (Lipinski definition) is 0. The lowest BCUT2D eigenvalue weighted by molar-refractivity contribution is -0.124. The number of thioether (sulfide) groups is 1. The van der Waals surface area contributed by atoms with Crippen LogP contribution in [0.5, 0.6) is 0 Å². The van der Waals surface area contributed by atoms with Crippen LogP contribution in [0.4, 0.5) is 10.5 Å². The van der Waals surface area contributed by atoms with Crippen molar-refractivity contribution < 1.29 is 9.59 Å². The van der Waals surface area contributed by atoms with Crippen molar-refractivity contribution in [3.63, 3.8) is 0 Å². The summed E-state index contributed by atoms with van der Waals surface area (Å²) in [5.41, 5.74) is 2.12. The Balaban J connectivity index is 1.70.